The highest BCUT2D eigenvalue weighted by Gasteiger charge is 2.32. The lowest BCUT2D eigenvalue weighted by Gasteiger charge is -2.23. The van der Waals surface area contributed by atoms with Crippen molar-refractivity contribution in [2.45, 2.75) is 51.2 Å². The van der Waals surface area contributed by atoms with Gasteiger partial charge in [-0.25, -0.2) is 0 Å². The molecule has 1 aliphatic carbocycles. The zero-order valence-electron chi connectivity index (χ0n) is 16.1. The van der Waals surface area contributed by atoms with Crippen molar-refractivity contribution in [2.24, 2.45) is 5.92 Å². The van der Waals surface area contributed by atoms with Crippen molar-refractivity contribution in [3.63, 3.8) is 0 Å². The summed E-state index contributed by atoms with van der Waals surface area (Å²) in [4.78, 5) is 12.7. The first-order chi connectivity index (χ1) is 13.1. The number of benzene rings is 2. The molecule has 0 bridgehead atoms. The van der Waals surface area contributed by atoms with Crippen LogP contribution in [-0.2, 0) is 15.3 Å². The SMILES string of the molecule is CC1(c2ccc(-c3cccc(C(=O)CC4CCCCC4)c3)cc2)OCCO1. The van der Waals surface area contributed by atoms with Gasteiger partial charge in [-0.3, -0.25) is 4.79 Å². The summed E-state index contributed by atoms with van der Waals surface area (Å²) in [7, 11) is 0. The Kier molecular flexibility index (Phi) is 5.42. The molecule has 1 saturated carbocycles. The van der Waals surface area contributed by atoms with E-state index in [1.165, 1.54) is 32.1 Å². The third-order valence-electron chi connectivity index (χ3n) is 5.96. The maximum Gasteiger partial charge on any atom is 0.192 e. The Bertz CT molecular complexity index is 782. The molecule has 2 aromatic rings. The van der Waals surface area contributed by atoms with Gasteiger partial charge in [0.05, 0.1) is 13.2 Å². The highest BCUT2D eigenvalue weighted by atomic mass is 16.7. The second kappa shape index (κ2) is 7.95. The van der Waals surface area contributed by atoms with Crippen molar-refractivity contribution in [1.82, 2.24) is 0 Å². The van der Waals surface area contributed by atoms with Gasteiger partial charge in [0.25, 0.3) is 0 Å². The molecule has 27 heavy (non-hydrogen) atoms. The minimum absolute atomic E-state index is 0.278. The molecule has 1 heterocycles. The van der Waals surface area contributed by atoms with Crippen LogP contribution in [0, 0.1) is 5.92 Å². The second-order valence-electron chi connectivity index (χ2n) is 7.93. The van der Waals surface area contributed by atoms with Gasteiger partial charge in [0.15, 0.2) is 11.6 Å². The van der Waals surface area contributed by atoms with Gasteiger partial charge >= 0.3 is 0 Å². The van der Waals surface area contributed by atoms with Gasteiger partial charge in [-0.05, 0) is 30.0 Å². The molecule has 142 valence electrons. The predicted octanol–water partition coefficient (Wildman–Crippen LogP) is 5.73. The standard InChI is InChI=1S/C24H28O3/c1-24(26-14-15-27-24)22-12-10-19(11-13-22)20-8-5-9-21(17-20)23(25)16-18-6-3-2-4-7-18/h5,8-13,17-18H,2-4,6-7,14-16H2,1H3. The molecule has 3 nitrogen and oxygen atoms in total. The van der Waals surface area contributed by atoms with Crippen LogP contribution >= 0.6 is 0 Å². The Morgan fingerprint density at radius 1 is 0.963 bits per heavy atom. The summed E-state index contributed by atoms with van der Waals surface area (Å²) >= 11 is 0. The molecule has 0 atom stereocenters. The van der Waals surface area contributed by atoms with Crippen molar-refractivity contribution in [3.8, 4) is 11.1 Å². The number of ether oxygens (including phenoxy) is 2. The molecular formula is C24H28O3. The lowest BCUT2D eigenvalue weighted by Crippen LogP contribution is -2.22. The molecular weight excluding hydrogens is 336 g/mol. The number of rotatable bonds is 5. The maximum atomic E-state index is 12.7. The molecule has 0 aromatic heterocycles. The van der Waals surface area contributed by atoms with Crippen LogP contribution in [0.3, 0.4) is 0 Å². The average Bonchev–Trinajstić information content (AvgIpc) is 3.17. The van der Waals surface area contributed by atoms with Crippen LogP contribution in [0.4, 0.5) is 0 Å². The molecule has 3 heteroatoms. The highest BCUT2D eigenvalue weighted by Crippen LogP contribution is 2.33. The van der Waals surface area contributed by atoms with Crippen LogP contribution in [0.15, 0.2) is 48.5 Å². The van der Waals surface area contributed by atoms with Crippen LogP contribution < -0.4 is 0 Å². The minimum Gasteiger partial charge on any atom is -0.344 e. The van der Waals surface area contributed by atoms with Crippen LogP contribution in [0.2, 0.25) is 0 Å². The summed E-state index contributed by atoms with van der Waals surface area (Å²) < 4.78 is 11.5. The zero-order chi connectivity index (χ0) is 18.7. The highest BCUT2D eigenvalue weighted by molar-refractivity contribution is 5.97. The van der Waals surface area contributed by atoms with Crippen LogP contribution in [0.25, 0.3) is 11.1 Å². The molecule has 1 aliphatic heterocycles. The lowest BCUT2D eigenvalue weighted by atomic mass is 9.84. The third kappa shape index (κ3) is 4.15. The Hall–Kier alpha value is -1.97. The van der Waals surface area contributed by atoms with E-state index in [0.717, 1.165) is 22.3 Å². The summed E-state index contributed by atoms with van der Waals surface area (Å²) in [5, 5.41) is 0. The summed E-state index contributed by atoms with van der Waals surface area (Å²) in [5.74, 6) is 0.207. The first-order valence-electron chi connectivity index (χ1n) is 10.2. The summed E-state index contributed by atoms with van der Waals surface area (Å²) in [6.07, 6.45) is 6.97. The van der Waals surface area contributed by atoms with Crippen molar-refractivity contribution in [2.75, 3.05) is 13.2 Å². The lowest BCUT2D eigenvalue weighted by molar-refractivity contribution is -0.149. The first kappa shape index (κ1) is 18.4. The third-order valence-corrected chi connectivity index (χ3v) is 5.96. The van der Waals surface area contributed by atoms with Crippen molar-refractivity contribution >= 4 is 5.78 Å². The van der Waals surface area contributed by atoms with Gasteiger partial charge in [0, 0.05) is 17.5 Å². The van der Waals surface area contributed by atoms with Crippen LogP contribution in [0.5, 0.6) is 0 Å². The molecule has 0 unspecified atom stereocenters. The van der Waals surface area contributed by atoms with E-state index in [1.54, 1.807) is 0 Å². The van der Waals surface area contributed by atoms with Crippen LogP contribution in [-0.4, -0.2) is 19.0 Å². The first-order valence-corrected chi connectivity index (χ1v) is 10.2. The Morgan fingerprint density at radius 3 is 2.37 bits per heavy atom. The molecule has 2 fully saturated rings. The van der Waals surface area contributed by atoms with Gasteiger partial charge in [0.1, 0.15) is 0 Å². The average molecular weight is 364 g/mol. The number of hydrogen-bond donors (Lipinski definition) is 0. The van der Waals surface area contributed by atoms with E-state index in [1.807, 2.05) is 25.1 Å². The quantitative estimate of drug-likeness (QED) is 0.636. The van der Waals surface area contributed by atoms with E-state index in [0.29, 0.717) is 25.6 Å². The largest absolute Gasteiger partial charge is 0.344 e. The summed E-state index contributed by atoms with van der Waals surface area (Å²) in [6.45, 7) is 3.21. The van der Waals surface area contributed by atoms with Crippen molar-refractivity contribution in [1.29, 1.82) is 0 Å². The molecule has 2 aromatic carbocycles. The monoisotopic (exact) mass is 364 g/mol. The normalized spacial score (nSPS) is 19.9. The van der Waals surface area contributed by atoms with Gasteiger partial charge in [0.2, 0.25) is 0 Å². The van der Waals surface area contributed by atoms with Gasteiger partial charge < -0.3 is 9.47 Å². The Balaban J connectivity index is 1.49. The van der Waals surface area contributed by atoms with E-state index >= 15 is 0 Å². The van der Waals surface area contributed by atoms with Crippen LogP contribution in [0.1, 0.15) is 61.4 Å². The second-order valence-corrected chi connectivity index (χ2v) is 7.93. The zero-order valence-corrected chi connectivity index (χ0v) is 16.1. The molecule has 0 N–H and O–H groups in total. The maximum absolute atomic E-state index is 12.7. The predicted molar refractivity (Wildman–Crippen MR) is 107 cm³/mol. The topological polar surface area (TPSA) is 35.5 Å². The smallest absolute Gasteiger partial charge is 0.192 e. The number of carbonyl (C=O) groups is 1. The van der Waals surface area contributed by atoms with Crippen molar-refractivity contribution < 1.29 is 14.3 Å². The Morgan fingerprint density at radius 2 is 1.67 bits per heavy atom. The van der Waals surface area contributed by atoms with E-state index in [2.05, 4.69) is 30.3 Å². The van der Waals surface area contributed by atoms with E-state index < -0.39 is 5.79 Å². The molecule has 0 spiro atoms. The number of hydrogen-bond acceptors (Lipinski definition) is 3. The van der Waals surface area contributed by atoms with E-state index in [9.17, 15) is 4.79 Å². The number of carbonyl (C=O) groups excluding carboxylic acids is 1. The fraction of sp³-hybridized carbons (Fsp3) is 0.458. The number of ketones is 1. The van der Waals surface area contributed by atoms with Gasteiger partial charge in [-0.1, -0.05) is 74.6 Å². The molecule has 4 rings (SSSR count). The molecule has 0 radical (unpaired) electrons. The Labute approximate surface area is 161 Å². The minimum atomic E-state index is -0.643. The number of Topliss-reactive ketones (excluding diaryl/α,β-unsaturated/α-hetero) is 1. The van der Waals surface area contributed by atoms with E-state index in [-0.39, 0.29) is 5.78 Å². The van der Waals surface area contributed by atoms with Gasteiger partial charge in [-0.15, -0.1) is 0 Å². The summed E-state index contributed by atoms with van der Waals surface area (Å²) in [6, 6.07) is 16.3. The van der Waals surface area contributed by atoms with Crippen molar-refractivity contribution in [3.05, 3.63) is 59.7 Å². The fourth-order valence-electron chi connectivity index (χ4n) is 4.29. The molecule has 0 amide bonds. The molecule has 2 aliphatic rings. The summed E-state index contributed by atoms with van der Waals surface area (Å²) in [5.41, 5.74) is 4.03. The fourth-order valence-corrected chi connectivity index (χ4v) is 4.29. The van der Waals surface area contributed by atoms with Gasteiger partial charge in [-0.2, -0.15) is 0 Å². The molecule has 1 saturated heterocycles. The van der Waals surface area contributed by atoms with E-state index in [4.69, 9.17) is 9.47 Å².